The van der Waals surface area contributed by atoms with Gasteiger partial charge in [-0.25, -0.2) is 4.79 Å². The first-order chi connectivity index (χ1) is 14.7. The molecule has 0 fully saturated rings. The molecule has 0 aliphatic heterocycles. The second kappa shape index (κ2) is 10.7. The van der Waals surface area contributed by atoms with Gasteiger partial charge in [-0.2, -0.15) is 0 Å². The van der Waals surface area contributed by atoms with Gasteiger partial charge in [0.1, 0.15) is 0 Å². The van der Waals surface area contributed by atoms with Crippen molar-refractivity contribution in [2.45, 2.75) is 39.5 Å². The van der Waals surface area contributed by atoms with E-state index in [4.69, 9.17) is 18.9 Å². The Morgan fingerprint density at radius 2 is 1.39 bits per heavy atom. The average molecular weight is 430 g/mol. The molecular formula is C24H31NO6. The summed E-state index contributed by atoms with van der Waals surface area (Å²) in [6.45, 7) is 7.86. The molecule has 1 N–H and O–H groups in total. The van der Waals surface area contributed by atoms with Gasteiger partial charge in [0.15, 0.2) is 18.1 Å². The lowest BCUT2D eigenvalue weighted by molar-refractivity contribution is -0.119. The Hall–Kier alpha value is -3.22. The summed E-state index contributed by atoms with van der Waals surface area (Å²) in [5.74, 6) is 0.403. The van der Waals surface area contributed by atoms with Crippen LogP contribution in [0.3, 0.4) is 0 Å². The third kappa shape index (κ3) is 5.69. The second-order valence-corrected chi connectivity index (χ2v) is 7.66. The molecule has 0 radical (unpaired) electrons. The SMILES string of the molecule is COc1cc(C(=O)OCC(=O)Nc2c(C(C)C)cccc2C(C)C)cc(OC)c1OC. The largest absolute Gasteiger partial charge is 0.493 e. The number of hydrogen-bond donors (Lipinski definition) is 1. The first kappa shape index (κ1) is 24.1. The van der Waals surface area contributed by atoms with Gasteiger partial charge in [0.05, 0.1) is 26.9 Å². The fraction of sp³-hybridized carbons (Fsp3) is 0.417. The minimum absolute atomic E-state index is 0.188. The van der Waals surface area contributed by atoms with Crippen molar-refractivity contribution in [3.05, 3.63) is 47.0 Å². The monoisotopic (exact) mass is 429 g/mol. The molecule has 0 aliphatic rings. The van der Waals surface area contributed by atoms with E-state index < -0.39 is 18.5 Å². The minimum atomic E-state index is -0.671. The first-order valence-electron chi connectivity index (χ1n) is 10.1. The van der Waals surface area contributed by atoms with Gasteiger partial charge < -0.3 is 24.3 Å². The maximum Gasteiger partial charge on any atom is 0.338 e. The lowest BCUT2D eigenvalue weighted by atomic mass is 9.92. The predicted molar refractivity (Wildman–Crippen MR) is 120 cm³/mol. The zero-order valence-corrected chi connectivity index (χ0v) is 19.2. The summed E-state index contributed by atoms with van der Waals surface area (Å²) in [4.78, 5) is 25.1. The lowest BCUT2D eigenvalue weighted by Gasteiger charge is -2.20. The molecule has 0 aromatic heterocycles. The van der Waals surface area contributed by atoms with E-state index in [0.29, 0.717) is 17.2 Å². The molecule has 2 aromatic rings. The summed E-state index contributed by atoms with van der Waals surface area (Å²) in [5, 5.41) is 2.93. The fourth-order valence-electron chi connectivity index (χ4n) is 3.28. The molecule has 31 heavy (non-hydrogen) atoms. The van der Waals surface area contributed by atoms with Crippen LogP contribution in [0.4, 0.5) is 5.69 Å². The highest BCUT2D eigenvalue weighted by atomic mass is 16.5. The van der Waals surface area contributed by atoms with Crippen LogP contribution in [0.2, 0.25) is 0 Å². The van der Waals surface area contributed by atoms with Crippen molar-refractivity contribution >= 4 is 17.6 Å². The Morgan fingerprint density at radius 1 is 0.871 bits per heavy atom. The number of hydrogen-bond acceptors (Lipinski definition) is 6. The van der Waals surface area contributed by atoms with Gasteiger partial charge in [0.2, 0.25) is 5.75 Å². The number of nitrogens with one attached hydrogen (secondary N) is 1. The maximum absolute atomic E-state index is 12.6. The van der Waals surface area contributed by atoms with Crippen molar-refractivity contribution in [1.82, 2.24) is 0 Å². The van der Waals surface area contributed by atoms with Crippen molar-refractivity contribution in [3.63, 3.8) is 0 Å². The molecule has 7 heteroatoms. The van der Waals surface area contributed by atoms with E-state index in [0.717, 1.165) is 16.8 Å². The predicted octanol–water partition coefficient (Wildman–Crippen LogP) is 4.75. The van der Waals surface area contributed by atoms with Crippen LogP contribution in [-0.4, -0.2) is 39.8 Å². The van der Waals surface area contributed by atoms with Gasteiger partial charge in [-0.1, -0.05) is 45.9 Å². The number of carbonyl (C=O) groups is 2. The van der Waals surface area contributed by atoms with E-state index in [2.05, 4.69) is 33.0 Å². The smallest absolute Gasteiger partial charge is 0.338 e. The summed E-state index contributed by atoms with van der Waals surface area (Å²) in [6, 6.07) is 8.94. The molecule has 0 saturated carbocycles. The van der Waals surface area contributed by atoms with Crippen LogP contribution in [0.5, 0.6) is 17.2 Å². The number of rotatable bonds is 9. The Labute approximate surface area is 183 Å². The Balaban J connectivity index is 2.17. The number of esters is 1. The van der Waals surface area contributed by atoms with Crippen molar-refractivity contribution in [3.8, 4) is 17.2 Å². The van der Waals surface area contributed by atoms with E-state index in [9.17, 15) is 9.59 Å². The first-order valence-corrected chi connectivity index (χ1v) is 10.1. The summed E-state index contributed by atoms with van der Waals surface area (Å²) >= 11 is 0. The highest BCUT2D eigenvalue weighted by Gasteiger charge is 2.20. The number of ether oxygens (including phenoxy) is 4. The molecule has 0 bridgehead atoms. The van der Waals surface area contributed by atoms with Crippen molar-refractivity contribution in [1.29, 1.82) is 0 Å². The fourth-order valence-corrected chi connectivity index (χ4v) is 3.28. The van der Waals surface area contributed by atoms with Crippen LogP contribution in [0, 0.1) is 0 Å². The number of carbonyl (C=O) groups excluding carboxylic acids is 2. The van der Waals surface area contributed by atoms with Crippen LogP contribution < -0.4 is 19.5 Å². The van der Waals surface area contributed by atoms with E-state index in [1.54, 1.807) is 0 Å². The van der Waals surface area contributed by atoms with Crippen molar-refractivity contribution in [2.24, 2.45) is 0 Å². The Kier molecular flexibility index (Phi) is 8.30. The van der Waals surface area contributed by atoms with Gasteiger partial charge in [-0.3, -0.25) is 4.79 Å². The van der Waals surface area contributed by atoms with Gasteiger partial charge in [-0.15, -0.1) is 0 Å². The van der Waals surface area contributed by atoms with Crippen LogP contribution in [0.1, 0.15) is 61.0 Å². The van der Waals surface area contributed by atoms with E-state index in [1.165, 1.54) is 33.5 Å². The van der Waals surface area contributed by atoms with Gasteiger partial charge in [-0.05, 0) is 35.1 Å². The molecule has 0 aliphatic carbocycles. The number of methoxy groups -OCH3 is 3. The second-order valence-electron chi connectivity index (χ2n) is 7.66. The topological polar surface area (TPSA) is 83.1 Å². The molecule has 0 heterocycles. The van der Waals surface area contributed by atoms with E-state index >= 15 is 0 Å². The summed E-state index contributed by atoms with van der Waals surface area (Å²) < 4.78 is 21.0. The molecular weight excluding hydrogens is 398 g/mol. The zero-order valence-electron chi connectivity index (χ0n) is 19.2. The molecule has 168 valence electrons. The van der Waals surface area contributed by atoms with Crippen LogP contribution in [0.15, 0.2) is 30.3 Å². The molecule has 2 aromatic carbocycles. The number of amides is 1. The van der Waals surface area contributed by atoms with E-state index in [1.807, 2.05) is 18.2 Å². The van der Waals surface area contributed by atoms with E-state index in [-0.39, 0.29) is 17.4 Å². The van der Waals surface area contributed by atoms with Gasteiger partial charge in [0.25, 0.3) is 5.91 Å². The summed E-state index contributed by atoms with van der Waals surface area (Å²) in [5.41, 5.74) is 3.04. The average Bonchev–Trinajstić information content (AvgIpc) is 2.75. The molecule has 0 atom stereocenters. The highest BCUT2D eigenvalue weighted by Crippen LogP contribution is 2.38. The Morgan fingerprint density at radius 3 is 1.81 bits per heavy atom. The third-order valence-corrected chi connectivity index (χ3v) is 4.87. The highest BCUT2D eigenvalue weighted by molar-refractivity contribution is 5.97. The molecule has 7 nitrogen and oxygen atoms in total. The molecule has 1 amide bonds. The maximum atomic E-state index is 12.6. The molecule has 2 rings (SSSR count). The van der Waals surface area contributed by atoms with Crippen LogP contribution in [0.25, 0.3) is 0 Å². The summed E-state index contributed by atoms with van der Waals surface area (Å²) in [7, 11) is 4.39. The third-order valence-electron chi connectivity index (χ3n) is 4.87. The standard InChI is InChI=1S/C24H31NO6/c1-14(2)17-9-8-10-18(15(3)4)22(17)25-21(26)13-31-24(27)16-11-19(28-5)23(30-7)20(12-16)29-6/h8-12,14-15H,13H2,1-7H3,(H,25,26). The minimum Gasteiger partial charge on any atom is -0.493 e. The van der Waals surface area contributed by atoms with Crippen LogP contribution >= 0.6 is 0 Å². The number of anilines is 1. The quantitative estimate of drug-likeness (QED) is 0.579. The van der Waals surface area contributed by atoms with Gasteiger partial charge >= 0.3 is 5.97 Å². The normalized spacial score (nSPS) is 10.7. The van der Waals surface area contributed by atoms with Crippen molar-refractivity contribution in [2.75, 3.05) is 33.3 Å². The molecule has 0 saturated heterocycles. The molecule has 0 spiro atoms. The molecule has 0 unspecified atom stereocenters. The number of para-hydroxylation sites is 1. The van der Waals surface area contributed by atoms with Crippen LogP contribution in [-0.2, 0) is 9.53 Å². The van der Waals surface area contributed by atoms with Gasteiger partial charge in [0, 0.05) is 5.69 Å². The number of benzene rings is 2. The van der Waals surface area contributed by atoms with Crippen molar-refractivity contribution < 1.29 is 28.5 Å². The lowest BCUT2D eigenvalue weighted by Crippen LogP contribution is -2.22. The Bertz CT molecular complexity index is 884. The zero-order chi connectivity index (χ0) is 23.1. The summed E-state index contributed by atoms with van der Waals surface area (Å²) in [6.07, 6.45) is 0.